The van der Waals surface area contributed by atoms with Crippen LogP contribution in [-0.4, -0.2) is 57.1 Å². The number of carbonyl (C=O) groups is 1. The molecule has 2 aromatic heterocycles. The molecule has 1 aliphatic carbocycles. The van der Waals surface area contributed by atoms with Crippen LogP contribution in [0.5, 0.6) is 0 Å². The van der Waals surface area contributed by atoms with E-state index in [0.717, 1.165) is 17.1 Å². The summed E-state index contributed by atoms with van der Waals surface area (Å²) in [5.74, 6) is -1.25. The molecule has 3 heterocycles. The number of carbonyl (C=O) groups excluding carboxylic acids is 1. The van der Waals surface area contributed by atoms with Gasteiger partial charge in [-0.2, -0.15) is 18.3 Å². The van der Waals surface area contributed by atoms with E-state index in [1.807, 2.05) is 39.8 Å². The molecule has 0 unspecified atom stereocenters. The van der Waals surface area contributed by atoms with E-state index in [1.54, 1.807) is 9.42 Å². The van der Waals surface area contributed by atoms with Gasteiger partial charge in [-0.3, -0.25) is 0 Å². The summed E-state index contributed by atoms with van der Waals surface area (Å²) in [4.78, 5) is 18.8. The van der Waals surface area contributed by atoms with Crippen molar-refractivity contribution in [3.8, 4) is 0 Å². The zero-order valence-corrected chi connectivity index (χ0v) is 19.5. The van der Waals surface area contributed by atoms with Gasteiger partial charge in [0.15, 0.2) is 5.65 Å². The topological polar surface area (TPSA) is 69.0 Å². The van der Waals surface area contributed by atoms with Crippen molar-refractivity contribution in [3.63, 3.8) is 0 Å². The van der Waals surface area contributed by atoms with Gasteiger partial charge in [-0.05, 0) is 59.4 Å². The van der Waals surface area contributed by atoms with E-state index in [4.69, 9.17) is 14.6 Å². The van der Waals surface area contributed by atoms with Crippen molar-refractivity contribution in [2.45, 2.75) is 77.2 Å². The first-order chi connectivity index (χ1) is 15.4. The fourth-order valence-corrected chi connectivity index (χ4v) is 4.61. The van der Waals surface area contributed by atoms with Gasteiger partial charge in [-0.25, -0.2) is 14.3 Å². The van der Waals surface area contributed by atoms with Crippen LogP contribution in [0.3, 0.4) is 0 Å². The number of halogens is 3. The van der Waals surface area contributed by atoms with Crippen LogP contribution in [0.2, 0.25) is 0 Å². The summed E-state index contributed by atoms with van der Waals surface area (Å²) in [7, 11) is 0. The molecule has 182 valence electrons. The van der Waals surface area contributed by atoms with Gasteiger partial charge in [0.05, 0.1) is 30.5 Å². The second-order valence-corrected chi connectivity index (χ2v) is 10.0. The Bertz CT molecular complexity index is 1010. The summed E-state index contributed by atoms with van der Waals surface area (Å²) in [5, 5.41) is 4.73. The van der Waals surface area contributed by atoms with Crippen LogP contribution < -0.4 is 0 Å². The van der Waals surface area contributed by atoms with Crippen LogP contribution in [-0.2, 0) is 9.47 Å². The van der Waals surface area contributed by atoms with Crippen LogP contribution in [0.4, 0.5) is 18.0 Å². The molecule has 0 radical (unpaired) electrons. The molecule has 2 aromatic rings. The van der Waals surface area contributed by atoms with Gasteiger partial charge >= 0.3 is 12.3 Å². The number of amides is 1. The number of aromatic nitrogens is 3. The third kappa shape index (κ3) is 5.42. The molecule has 0 bridgehead atoms. The number of aryl methyl sites for hydroxylation is 1. The number of fused-ring (bicyclic) bond motifs is 1. The third-order valence-corrected chi connectivity index (χ3v) is 6.26. The third-order valence-electron chi connectivity index (χ3n) is 6.26. The minimum Gasteiger partial charge on any atom is -0.444 e. The molecule has 2 fully saturated rings. The molecule has 0 aromatic carbocycles. The molecule has 10 heteroatoms. The highest BCUT2D eigenvalue weighted by atomic mass is 19.4. The molecule has 1 aliphatic heterocycles. The molecule has 4 rings (SSSR count). The smallest absolute Gasteiger partial charge is 0.410 e. The van der Waals surface area contributed by atoms with E-state index < -0.39 is 23.8 Å². The Hall–Kier alpha value is -2.36. The van der Waals surface area contributed by atoms with Gasteiger partial charge in [0.2, 0.25) is 0 Å². The number of rotatable bonds is 2. The zero-order chi connectivity index (χ0) is 24.0. The second kappa shape index (κ2) is 8.77. The van der Waals surface area contributed by atoms with Crippen molar-refractivity contribution >= 4 is 11.7 Å². The maximum Gasteiger partial charge on any atom is 0.410 e. The van der Waals surface area contributed by atoms with Gasteiger partial charge in [0.25, 0.3) is 0 Å². The summed E-state index contributed by atoms with van der Waals surface area (Å²) in [6.07, 6.45) is -3.78. The van der Waals surface area contributed by atoms with E-state index in [1.165, 1.54) is 0 Å². The lowest BCUT2D eigenvalue weighted by Gasteiger charge is -2.34. The SMILES string of the molecule is Cc1cc([C@@H]2CN(C(=O)OC(C)(C)C)CCO2)n2nc(C3CCC(C(F)(F)F)CC3)cc2n1. The predicted molar refractivity (Wildman–Crippen MR) is 115 cm³/mol. The van der Waals surface area contributed by atoms with Gasteiger partial charge in [0, 0.05) is 24.2 Å². The fourth-order valence-electron chi connectivity index (χ4n) is 4.61. The average Bonchev–Trinajstić information content (AvgIpc) is 3.15. The minimum atomic E-state index is -4.13. The van der Waals surface area contributed by atoms with Crippen LogP contribution in [0.1, 0.15) is 75.6 Å². The molecule has 1 saturated heterocycles. The highest BCUT2D eigenvalue weighted by Crippen LogP contribution is 2.42. The lowest BCUT2D eigenvalue weighted by Crippen LogP contribution is -2.45. The van der Waals surface area contributed by atoms with Crippen molar-refractivity contribution < 1.29 is 27.4 Å². The fraction of sp³-hybridized carbons (Fsp3) is 0.696. The van der Waals surface area contributed by atoms with E-state index in [-0.39, 0.29) is 24.9 Å². The summed E-state index contributed by atoms with van der Waals surface area (Å²) >= 11 is 0. The molecule has 7 nitrogen and oxygen atoms in total. The lowest BCUT2D eigenvalue weighted by atomic mass is 9.80. The zero-order valence-electron chi connectivity index (χ0n) is 19.5. The number of nitrogens with zero attached hydrogens (tertiary/aromatic N) is 4. The molecule has 1 saturated carbocycles. The maximum absolute atomic E-state index is 13.0. The largest absolute Gasteiger partial charge is 0.444 e. The van der Waals surface area contributed by atoms with Gasteiger partial charge < -0.3 is 14.4 Å². The van der Waals surface area contributed by atoms with Crippen LogP contribution in [0.15, 0.2) is 12.1 Å². The quantitative estimate of drug-likeness (QED) is 0.607. The van der Waals surface area contributed by atoms with E-state index >= 15 is 0 Å². The minimum absolute atomic E-state index is 0.0241. The number of alkyl halides is 3. The Balaban J connectivity index is 1.55. The lowest BCUT2D eigenvalue weighted by molar-refractivity contribution is -0.182. The van der Waals surface area contributed by atoms with Crippen LogP contribution in [0, 0.1) is 12.8 Å². The molecule has 2 aliphatic rings. The molecule has 0 spiro atoms. The number of ether oxygens (including phenoxy) is 2. The summed E-state index contributed by atoms with van der Waals surface area (Å²) in [6, 6.07) is 3.75. The highest BCUT2D eigenvalue weighted by Gasteiger charge is 2.42. The van der Waals surface area contributed by atoms with Crippen molar-refractivity contribution in [1.29, 1.82) is 0 Å². The van der Waals surface area contributed by atoms with Crippen molar-refractivity contribution in [3.05, 3.63) is 29.2 Å². The Morgan fingerprint density at radius 1 is 1.15 bits per heavy atom. The molecule has 0 N–H and O–H groups in total. The molecular formula is C23H31F3N4O3. The van der Waals surface area contributed by atoms with Crippen molar-refractivity contribution in [2.24, 2.45) is 5.92 Å². The molecule has 33 heavy (non-hydrogen) atoms. The molecule has 1 atom stereocenters. The predicted octanol–water partition coefficient (Wildman–Crippen LogP) is 5.18. The number of hydrogen-bond acceptors (Lipinski definition) is 5. The Morgan fingerprint density at radius 2 is 1.85 bits per heavy atom. The van der Waals surface area contributed by atoms with E-state index in [2.05, 4.69) is 4.98 Å². The molecular weight excluding hydrogens is 437 g/mol. The van der Waals surface area contributed by atoms with Gasteiger partial charge in [0.1, 0.15) is 11.7 Å². The summed E-state index contributed by atoms with van der Waals surface area (Å²) in [6.45, 7) is 8.47. The van der Waals surface area contributed by atoms with Crippen molar-refractivity contribution in [1.82, 2.24) is 19.5 Å². The first kappa shape index (κ1) is 23.8. The average molecular weight is 469 g/mol. The van der Waals surface area contributed by atoms with Crippen LogP contribution >= 0.6 is 0 Å². The maximum atomic E-state index is 13.0. The number of morpholine rings is 1. The van der Waals surface area contributed by atoms with Crippen LogP contribution in [0.25, 0.3) is 5.65 Å². The Labute approximate surface area is 191 Å². The molecule has 1 amide bonds. The number of hydrogen-bond donors (Lipinski definition) is 0. The van der Waals surface area contributed by atoms with E-state index in [0.29, 0.717) is 38.2 Å². The summed E-state index contributed by atoms with van der Waals surface area (Å²) < 4.78 is 52.3. The second-order valence-electron chi connectivity index (χ2n) is 10.0. The summed E-state index contributed by atoms with van der Waals surface area (Å²) in [5.41, 5.74) is 2.35. The van der Waals surface area contributed by atoms with Gasteiger partial charge in [-0.15, -0.1) is 0 Å². The first-order valence-electron chi connectivity index (χ1n) is 11.4. The van der Waals surface area contributed by atoms with E-state index in [9.17, 15) is 18.0 Å². The first-order valence-corrected chi connectivity index (χ1v) is 11.4. The monoisotopic (exact) mass is 468 g/mol. The van der Waals surface area contributed by atoms with Gasteiger partial charge in [-0.1, -0.05) is 0 Å². The Morgan fingerprint density at radius 3 is 2.48 bits per heavy atom. The standard InChI is InChI=1S/C23H31F3N4O3/c1-14-11-18(19-13-29(9-10-32-19)21(31)33-22(2,3)4)30-20(27-14)12-17(28-30)15-5-7-16(8-6-15)23(24,25)26/h11-12,15-16,19H,5-10,13H2,1-4H3/t15?,16?,19-/m0/s1. The highest BCUT2D eigenvalue weighted by molar-refractivity contribution is 5.68. The van der Waals surface area contributed by atoms with Crippen molar-refractivity contribution in [2.75, 3.05) is 19.7 Å². The Kier molecular flexibility index (Phi) is 6.32. The normalized spacial score (nSPS) is 24.8.